The van der Waals surface area contributed by atoms with Crippen LogP contribution in [0.3, 0.4) is 0 Å². The summed E-state index contributed by atoms with van der Waals surface area (Å²) in [5.74, 6) is 0. The molecule has 0 saturated heterocycles. The van der Waals surface area contributed by atoms with Crippen molar-refractivity contribution >= 4 is 28.2 Å². The molecule has 0 heterocycles. The number of anilines is 3. The highest BCUT2D eigenvalue weighted by Crippen LogP contribution is 2.54. The molecule has 0 aromatic heterocycles. The fourth-order valence-corrected chi connectivity index (χ4v) is 10.2. The Morgan fingerprint density at radius 3 is 1.52 bits per heavy atom. The minimum absolute atomic E-state index is 0.0218. The summed E-state index contributed by atoms with van der Waals surface area (Å²) in [6.07, 6.45) is 0. The molecule has 0 aliphatic heterocycles. The fourth-order valence-electron chi connectivity index (χ4n) is 10.2. The van der Waals surface area contributed by atoms with Gasteiger partial charge in [0.25, 0.3) is 0 Å². The lowest BCUT2D eigenvalue weighted by molar-refractivity contribution is 0.590. The summed E-state index contributed by atoms with van der Waals surface area (Å²) >= 11 is 0. The molecule has 0 radical (unpaired) electrons. The average Bonchev–Trinajstić information content (AvgIpc) is 3.51. The van der Waals surface area contributed by atoms with Gasteiger partial charge in [0.15, 0.2) is 0 Å². The Labute approximate surface area is 362 Å². The molecule has 0 fully saturated rings. The van der Waals surface area contributed by atoms with Crippen molar-refractivity contribution in [3.05, 3.63) is 244 Å². The highest BCUT2D eigenvalue weighted by molar-refractivity contribution is 6.08. The summed E-state index contributed by atoms with van der Waals surface area (Å²) in [7, 11) is 0. The highest BCUT2D eigenvalue weighted by Gasteiger charge is 2.38. The molecular weight excluding hydrogens is 735 g/mol. The van der Waals surface area contributed by atoms with E-state index in [0.717, 1.165) is 17.1 Å². The van der Waals surface area contributed by atoms with Gasteiger partial charge in [-0.05, 0) is 120 Å². The minimum atomic E-state index is -0.232. The number of hydrogen-bond donors (Lipinski definition) is 0. The van der Waals surface area contributed by atoms with Gasteiger partial charge in [0.05, 0.1) is 5.69 Å². The Kier molecular flexibility index (Phi) is 9.15. The van der Waals surface area contributed by atoms with E-state index < -0.39 is 0 Å². The van der Waals surface area contributed by atoms with Crippen molar-refractivity contribution in [2.45, 2.75) is 64.7 Å². The Balaban J connectivity index is 1.29. The Hall–Kier alpha value is -6.70. The predicted octanol–water partition coefficient (Wildman–Crippen LogP) is 16.1. The van der Waals surface area contributed by atoms with Crippen molar-refractivity contribution < 1.29 is 0 Å². The molecule has 1 heteroatoms. The zero-order chi connectivity index (χ0) is 42.1. The minimum Gasteiger partial charge on any atom is -0.310 e. The van der Waals surface area contributed by atoms with Crippen LogP contribution in [0.15, 0.2) is 194 Å². The molecule has 0 saturated carbocycles. The third kappa shape index (κ3) is 6.38. The largest absolute Gasteiger partial charge is 0.310 e. The van der Waals surface area contributed by atoms with Crippen LogP contribution in [-0.2, 0) is 16.2 Å². The summed E-state index contributed by atoms with van der Waals surface area (Å²) in [4.78, 5) is 2.53. The van der Waals surface area contributed by atoms with Gasteiger partial charge in [-0.3, -0.25) is 0 Å². The van der Waals surface area contributed by atoms with Crippen molar-refractivity contribution in [2.24, 2.45) is 0 Å². The van der Waals surface area contributed by atoms with E-state index in [4.69, 9.17) is 0 Å². The second kappa shape index (κ2) is 14.5. The number of hydrogen-bond acceptors (Lipinski definition) is 1. The van der Waals surface area contributed by atoms with Gasteiger partial charge in [0, 0.05) is 27.8 Å². The molecule has 8 aromatic rings. The summed E-state index contributed by atoms with van der Waals surface area (Å²) in [5, 5.41) is 0. The second-order valence-corrected chi connectivity index (χ2v) is 19.0. The molecular formula is C60H53N. The first-order valence-corrected chi connectivity index (χ1v) is 21.8. The van der Waals surface area contributed by atoms with E-state index in [0.29, 0.717) is 0 Å². The van der Waals surface area contributed by atoms with Gasteiger partial charge in [-0.25, -0.2) is 0 Å². The van der Waals surface area contributed by atoms with Gasteiger partial charge in [-0.1, -0.05) is 206 Å². The van der Waals surface area contributed by atoms with Crippen LogP contribution in [0.1, 0.15) is 98.5 Å². The van der Waals surface area contributed by atoms with Gasteiger partial charge in [-0.2, -0.15) is 0 Å². The molecule has 1 nitrogen and oxygen atoms in total. The third-order valence-corrected chi connectivity index (χ3v) is 13.5. The molecule has 8 aromatic carbocycles. The van der Waals surface area contributed by atoms with Crippen LogP contribution >= 0.6 is 0 Å². The van der Waals surface area contributed by atoms with Crippen LogP contribution in [0.5, 0.6) is 0 Å². The van der Waals surface area contributed by atoms with Gasteiger partial charge in [0.2, 0.25) is 0 Å². The van der Waals surface area contributed by atoms with E-state index in [1.54, 1.807) is 0 Å². The van der Waals surface area contributed by atoms with Gasteiger partial charge >= 0.3 is 0 Å². The zero-order valence-electron chi connectivity index (χ0n) is 36.4. The zero-order valence-corrected chi connectivity index (χ0v) is 36.4. The Bertz CT molecular complexity index is 2940. The van der Waals surface area contributed by atoms with Crippen molar-refractivity contribution in [1.29, 1.82) is 0 Å². The topological polar surface area (TPSA) is 3.24 Å². The van der Waals surface area contributed by atoms with Crippen LogP contribution < -0.4 is 4.90 Å². The van der Waals surface area contributed by atoms with E-state index in [1.165, 1.54) is 83.5 Å². The maximum absolute atomic E-state index is 2.53. The van der Waals surface area contributed by atoms with E-state index >= 15 is 0 Å². The normalized spacial score (nSPS) is 14.4. The molecule has 0 amide bonds. The summed E-state index contributed by atoms with van der Waals surface area (Å²) in [5.41, 5.74) is 22.3. The van der Waals surface area contributed by atoms with Crippen LogP contribution in [0.2, 0.25) is 0 Å². The smallest absolute Gasteiger partial charge is 0.0540 e. The molecule has 0 unspecified atom stereocenters. The monoisotopic (exact) mass is 787 g/mol. The summed E-state index contributed by atoms with van der Waals surface area (Å²) in [6.45, 7) is 16.5. The quantitative estimate of drug-likeness (QED) is 0.162. The molecule has 0 N–H and O–H groups in total. The van der Waals surface area contributed by atoms with Crippen LogP contribution in [0.4, 0.5) is 17.1 Å². The first-order chi connectivity index (χ1) is 29.4. The lowest BCUT2D eigenvalue weighted by Crippen LogP contribution is -2.27. The predicted molar refractivity (Wildman–Crippen MR) is 259 cm³/mol. The van der Waals surface area contributed by atoms with Crippen LogP contribution in [0, 0.1) is 0 Å². The maximum atomic E-state index is 2.53. The van der Waals surface area contributed by atoms with E-state index in [1.807, 2.05) is 0 Å². The van der Waals surface area contributed by atoms with Crippen molar-refractivity contribution in [3.8, 4) is 22.3 Å². The van der Waals surface area contributed by atoms with Crippen molar-refractivity contribution in [2.75, 3.05) is 4.90 Å². The van der Waals surface area contributed by atoms with Crippen LogP contribution in [0.25, 0.3) is 33.4 Å². The number of fused-ring (bicyclic) bond motifs is 5. The first kappa shape index (κ1) is 38.5. The van der Waals surface area contributed by atoms with Crippen molar-refractivity contribution in [3.63, 3.8) is 0 Å². The molecule has 0 bridgehead atoms. The molecule has 0 spiro atoms. The van der Waals surface area contributed by atoms with E-state index in [2.05, 4.69) is 247 Å². The molecule has 2 aliphatic carbocycles. The molecule has 2 aliphatic rings. The third-order valence-electron chi connectivity index (χ3n) is 13.5. The standard InChI is InChI=1S/C60H53N/c1-58(2,3)43-31-36-55(49(37-43)40-21-11-8-12-22-40)61(45-32-34-47-46-27-17-19-29-51(46)60(6,7)54(47)39-45)44-33-35-53-50(38-44)57(48-28-18-20-30-52(48)59(53,4)5)56(41-23-13-9-14-24-41)42-25-15-10-16-26-42/h8-39H,1-7H3. The van der Waals surface area contributed by atoms with Gasteiger partial charge in [-0.15, -0.1) is 0 Å². The average molecular weight is 788 g/mol. The summed E-state index contributed by atoms with van der Waals surface area (Å²) in [6, 6.07) is 72.5. The SMILES string of the molecule is CC(C)(C)c1ccc(N(c2ccc3c(c2)C(=C(c2ccccc2)c2ccccc2)c2ccccc2C3(C)C)c2ccc3c(c2)C(C)(C)c2ccccc2-3)c(-c2ccccc2)c1. The highest BCUT2D eigenvalue weighted by atomic mass is 15.1. The number of nitrogens with zero attached hydrogens (tertiary/aromatic N) is 1. The lowest BCUT2D eigenvalue weighted by Gasteiger charge is -2.39. The molecule has 298 valence electrons. The second-order valence-electron chi connectivity index (χ2n) is 19.0. The fraction of sp³-hybridized carbons (Fsp3) is 0.167. The summed E-state index contributed by atoms with van der Waals surface area (Å²) < 4.78 is 0. The molecule has 10 rings (SSSR count). The molecule has 61 heavy (non-hydrogen) atoms. The van der Waals surface area contributed by atoms with Crippen molar-refractivity contribution in [1.82, 2.24) is 0 Å². The number of rotatable bonds is 6. The van der Waals surface area contributed by atoms with Gasteiger partial charge < -0.3 is 4.90 Å². The maximum Gasteiger partial charge on any atom is 0.0540 e. The Morgan fingerprint density at radius 1 is 0.393 bits per heavy atom. The number of benzene rings is 8. The van der Waals surface area contributed by atoms with E-state index in [-0.39, 0.29) is 16.2 Å². The van der Waals surface area contributed by atoms with Crippen LogP contribution in [-0.4, -0.2) is 0 Å². The Morgan fingerprint density at radius 2 is 0.885 bits per heavy atom. The first-order valence-electron chi connectivity index (χ1n) is 21.8. The van der Waals surface area contributed by atoms with E-state index in [9.17, 15) is 0 Å². The lowest BCUT2D eigenvalue weighted by atomic mass is 9.65. The molecule has 0 atom stereocenters. The van der Waals surface area contributed by atoms with Gasteiger partial charge in [0.1, 0.15) is 0 Å².